The molecule has 4 nitrogen and oxygen atoms in total. The largest absolute Gasteiger partial charge is 0.497 e. The second-order valence-corrected chi connectivity index (χ2v) is 5.98. The van der Waals surface area contributed by atoms with Crippen LogP contribution in [0, 0.1) is 0 Å². The van der Waals surface area contributed by atoms with Crippen molar-refractivity contribution >= 4 is 18.5 Å². The second-order valence-electron chi connectivity index (χ2n) is 5.98. The zero-order valence-electron chi connectivity index (χ0n) is 12.8. The summed E-state index contributed by atoms with van der Waals surface area (Å²) in [5.41, 5.74) is 1.98. The Kier molecular flexibility index (Phi) is 4.33. The summed E-state index contributed by atoms with van der Waals surface area (Å²) in [6.45, 7) is 7.18. The lowest BCUT2D eigenvalue weighted by Gasteiger charge is -2.46. The predicted octanol–water partition coefficient (Wildman–Crippen LogP) is 0.529. The quantitative estimate of drug-likeness (QED) is 0.819. The zero-order chi connectivity index (χ0) is 14.8. The molecule has 0 spiro atoms. The van der Waals surface area contributed by atoms with Gasteiger partial charge >= 0.3 is 6.92 Å². The fourth-order valence-electron chi connectivity index (χ4n) is 3.16. The third-order valence-electron chi connectivity index (χ3n) is 4.50. The minimum absolute atomic E-state index is 0.479. The number of fused-ring (bicyclic) bond motifs is 3. The fourth-order valence-corrected chi connectivity index (χ4v) is 3.16. The molecule has 112 valence electrons. The first-order chi connectivity index (χ1) is 10.2. The molecule has 3 saturated heterocycles. The molecule has 0 radical (unpaired) electrons. The van der Waals surface area contributed by atoms with Crippen LogP contribution in [0.2, 0.25) is 6.82 Å². The van der Waals surface area contributed by atoms with Gasteiger partial charge in [-0.1, -0.05) is 25.0 Å². The summed E-state index contributed by atoms with van der Waals surface area (Å²) in [4.78, 5) is 5.08. The molecule has 0 saturated carbocycles. The maximum Gasteiger partial charge on any atom is 0.320 e. The molecule has 0 aromatic heterocycles. The molecule has 5 heteroatoms. The lowest BCUT2D eigenvalue weighted by atomic mass is 9.64. The van der Waals surface area contributed by atoms with E-state index in [1.54, 1.807) is 13.9 Å². The Morgan fingerprint density at radius 1 is 1.24 bits per heavy atom. The molecule has 3 heterocycles. The van der Waals surface area contributed by atoms with Gasteiger partial charge in [0.25, 0.3) is 0 Å². The Morgan fingerprint density at radius 3 is 2.57 bits per heavy atom. The van der Waals surface area contributed by atoms with Crippen LogP contribution in [0.4, 0.5) is 0 Å². The van der Waals surface area contributed by atoms with Crippen LogP contribution < -0.4 is 10.2 Å². The van der Waals surface area contributed by atoms with Crippen LogP contribution in [0.5, 0.6) is 5.75 Å². The smallest absolute Gasteiger partial charge is 0.320 e. The van der Waals surface area contributed by atoms with E-state index >= 15 is 0 Å². The van der Waals surface area contributed by atoms with Crippen molar-refractivity contribution in [1.82, 2.24) is 9.80 Å². The minimum atomic E-state index is -0.479. The van der Waals surface area contributed by atoms with Crippen molar-refractivity contribution in [1.29, 1.82) is 0 Å². The third-order valence-corrected chi connectivity index (χ3v) is 4.50. The highest BCUT2D eigenvalue weighted by Crippen LogP contribution is 2.18. The van der Waals surface area contributed by atoms with Crippen LogP contribution in [0.15, 0.2) is 24.3 Å². The van der Waals surface area contributed by atoms with Crippen LogP contribution in [0.1, 0.15) is 5.56 Å². The van der Waals surface area contributed by atoms with E-state index in [0.717, 1.165) is 23.3 Å². The Morgan fingerprint density at radius 2 is 2.00 bits per heavy atom. The lowest BCUT2D eigenvalue weighted by Crippen LogP contribution is -2.60. The molecular formula is C16H23BN2O2. The zero-order valence-corrected chi connectivity index (χ0v) is 12.8. The van der Waals surface area contributed by atoms with Gasteiger partial charge in [-0.25, -0.2) is 0 Å². The predicted molar refractivity (Wildman–Crippen MR) is 87.3 cm³/mol. The first-order valence-electron chi connectivity index (χ1n) is 7.67. The first-order valence-corrected chi connectivity index (χ1v) is 7.67. The van der Waals surface area contributed by atoms with Gasteiger partial charge in [-0.05, 0) is 23.2 Å². The summed E-state index contributed by atoms with van der Waals surface area (Å²) < 4.78 is 5.32. The summed E-state index contributed by atoms with van der Waals surface area (Å²) in [5.74, 6) is 0.794. The number of hydrogen-bond acceptors (Lipinski definition) is 4. The molecule has 1 unspecified atom stereocenters. The highest BCUT2D eigenvalue weighted by atomic mass is 16.5. The molecule has 0 amide bonds. The minimum Gasteiger partial charge on any atom is -0.497 e. The van der Waals surface area contributed by atoms with Gasteiger partial charge in [0, 0.05) is 38.8 Å². The number of hydrogen-bond donors (Lipinski definition) is 1. The van der Waals surface area contributed by atoms with E-state index in [9.17, 15) is 5.02 Å². The van der Waals surface area contributed by atoms with Crippen molar-refractivity contribution in [2.75, 3.05) is 39.8 Å². The summed E-state index contributed by atoms with van der Waals surface area (Å²) in [7, 11) is 1.66. The molecule has 3 aliphatic rings. The van der Waals surface area contributed by atoms with E-state index < -0.39 is 6.92 Å². The number of benzene rings is 1. The van der Waals surface area contributed by atoms with Crippen molar-refractivity contribution in [3.05, 3.63) is 29.8 Å². The van der Waals surface area contributed by atoms with E-state index in [4.69, 9.17) is 4.74 Å². The van der Waals surface area contributed by atoms with Gasteiger partial charge in [0.1, 0.15) is 5.75 Å². The summed E-state index contributed by atoms with van der Waals surface area (Å²) in [5, 5.41) is 9.78. The van der Waals surface area contributed by atoms with Gasteiger partial charge in [0.05, 0.1) is 7.11 Å². The van der Waals surface area contributed by atoms with Crippen molar-refractivity contribution in [3.8, 4) is 5.75 Å². The molecule has 21 heavy (non-hydrogen) atoms. The van der Waals surface area contributed by atoms with Gasteiger partial charge < -0.3 is 9.76 Å². The molecular weight excluding hydrogens is 263 g/mol. The number of ether oxygens (including phenoxy) is 1. The number of piperazine rings is 3. The van der Waals surface area contributed by atoms with Gasteiger partial charge in [0.15, 0.2) is 0 Å². The Bertz CT molecular complexity index is 525. The normalized spacial score (nSPS) is 28.0. The van der Waals surface area contributed by atoms with Crippen LogP contribution >= 0.6 is 0 Å². The van der Waals surface area contributed by atoms with Crippen LogP contribution in [0.3, 0.4) is 0 Å². The highest BCUT2D eigenvalue weighted by molar-refractivity contribution is 6.64. The number of nitrogens with zero attached hydrogens (tertiary/aromatic N) is 2. The van der Waals surface area contributed by atoms with E-state index in [1.807, 2.05) is 18.2 Å². The molecule has 1 atom stereocenters. The maximum absolute atomic E-state index is 9.78. The molecule has 1 aromatic carbocycles. The molecule has 1 aromatic rings. The summed E-state index contributed by atoms with van der Waals surface area (Å²) in [6, 6.07) is 6.44. The standard InChI is InChI=1S/C16H23BN2O2/c1-17(20)14-9-13(10-16(11-14)21-2)3-4-15-12-18-5-7-19(15)8-6-18/h3-4,9-11,15,20H,5-8,12H2,1-2H3/b4-3+. The van der Waals surface area contributed by atoms with Crippen molar-refractivity contribution in [3.63, 3.8) is 0 Å². The summed E-state index contributed by atoms with van der Waals surface area (Å²) in [6.07, 6.45) is 4.44. The monoisotopic (exact) mass is 286 g/mol. The number of methoxy groups -OCH3 is 1. The van der Waals surface area contributed by atoms with Crippen molar-refractivity contribution in [2.24, 2.45) is 0 Å². The van der Waals surface area contributed by atoms with E-state index in [1.165, 1.54) is 26.2 Å². The van der Waals surface area contributed by atoms with Gasteiger partial charge in [0.2, 0.25) is 0 Å². The average Bonchev–Trinajstić information content (AvgIpc) is 2.53. The van der Waals surface area contributed by atoms with Crippen LogP contribution in [0.25, 0.3) is 6.08 Å². The lowest BCUT2D eigenvalue weighted by molar-refractivity contribution is 0.0335. The highest BCUT2D eigenvalue weighted by Gasteiger charge is 2.29. The third kappa shape index (κ3) is 3.31. The Balaban J connectivity index is 1.77. The van der Waals surface area contributed by atoms with Crippen molar-refractivity contribution in [2.45, 2.75) is 12.9 Å². The molecule has 0 aliphatic carbocycles. The fraction of sp³-hybridized carbons (Fsp3) is 0.500. The maximum atomic E-state index is 9.78. The van der Waals surface area contributed by atoms with Gasteiger partial charge in [-0.15, -0.1) is 0 Å². The molecule has 1 N–H and O–H groups in total. The Labute approximate surface area is 127 Å². The van der Waals surface area contributed by atoms with E-state index in [2.05, 4.69) is 22.0 Å². The van der Waals surface area contributed by atoms with E-state index in [-0.39, 0.29) is 0 Å². The van der Waals surface area contributed by atoms with Crippen LogP contribution in [-0.2, 0) is 0 Å². The van der Waals surface area contributed by atoms with Gasteiger partial charge in [-0.2, -0.15) is 0 Å². The average molecular weight is 286 g/mol. The Hall–Kier alpha value is -1.30. The summed E-state index contributed by atoms with van der Waals surface area (Å²) >= 11 is 0. The molecule has 2 bridgehead atoms. The molecule has 4 rings (SSSR count). The topological polar surface area (TPSA) is 35.9 Å². The molecule has 3 aliphatic heterocycles. The van der Waals surface area contributed by atoms with Crippen LogP contribution in [-0.4, -0.2) is 67.6 Å². The van der Waals surface area contributed by atoms with Gasteiger partial charge in [-0.3, -0.25) is 9.80 Å². The van der Waals surface area contributed by atoms with E-state index in [0.29, 0.717) is 6.04 Å². The molecule has 3 fully saturated rings. The van der Waals surface area contributed by atoms with Crippen molar-refractivity contribution < 1.29 is 9.76 Å². The number of rotatable bonds is 4. The SMILES string of the molecule is COc1cc(/C=C/C2CN3CCN2CC3)cc(B(C)O)c1. The second kappa shape index (κ2) is 6.22. The first kappa shape index (κ1) is 14.6.